The molecule has 1 saturated heterocycles. The first-order valence-electron chi connectivity index (χ1n) is 7.90. The van der Waals surface area contributed by atoms with Gasteiger partial charge < -0.3 is 15.3 Å². The van der Waals surface area contributed by atoms with Crippen LogP contribution in [-0.4, -0.2) is 48.2 Å². The van der Waals surface area contributed by atoms with E-state index < -0.39 is 0 Å². The van der Waals surface area contributed by atoms with E-state index in [0.717, 1.165) is 30.5 Å². The van der Waals surface area contributed by atoms with Crippen molar-refractivity contribution in [1.82, 2.24) is 10.2 Å². The molecule has 122 valence electrons. The Labute approximate surface area is 138 Å². The summed E-state index contributed by atoms with van der Waals surface area (Å²) in [5.74, 6) is 0.890. The second-order valence-corrected chi connectivity index (χ2v) is 6.89. The van der Waals surface area contributed by atoms with Crippen molar-refractivity contribution in [1.29, 1.82) is 0 Å². The van der Waals surface area contributed by atoms with Gasteiger partial charge in [-0.25, -0.2) is 0 Å². The first kappa shape index (κ1) is 17.1. The summed E-state index contributed by atoms with van der Waals surface area (Å²) >= 11 is 5.96. The van der Waals surface area contributed by atoms with Crippen molar-refractivity contribution in [3.05, 3.63) is 34.9 Å². The second-order valence-electron chi connectivity index (χ2n) is 6.45. The maximum Gasteiger partial charge on any atom is 0.194 e. The number of aliphatic imine (C=N–C) groups is 1. The number of nitrogens with zero attached hydrogens (tertiary/aromatic N) is 2. The van der Waals surface area contributed by atoms with E-state index in [1.165, 1.54) is 5.56 Å². The van der Waals surface area contributed by atoms with Crippen molar-refractivity contribution in [3.63, 3.8) is 0 Å². The Morgan fingerprint density at radius 3 is 2.64 bits per heavy atom. The van der Waals surface area contributed by atoms with E-state index in [2.05, 4.69) is 43.1 Å². The number of hydrogen-bond donors (Lipinski definition) is 2. The van der Waals surface area contributed by atoms with Gasteiger partial charge in [-0.05, 0) is 31.0 Å². The lowest BCUT2D eigenvalue weighted by Gasteiger charge is -2.26. The maximum atomic E-state index is 9.71. The third-order valence-corrected chi connectivity index (χ3v) is 4.30. The molecule has 0 radical (unpaired) electrons. The largest absolute Gasteiger partial charge is 0.391 e. The molecular weight excluding hydrogens is 298 g/mol. The van der Waals surface area contributed by atoms with Gasteiger partial charge in [0.25, 0.3) is 0 Å². The molecule has 0 amide bonds. The summed E-state index contributed by atoms with van der Waals surface area (Å²) in [6, 6.07) is 7.96. The molecule has 2 rings (SSSR count). The molecule has 4 nitrogen and oxygen atoms in total. The third kappa shape index (κ3) is 4.37. The van der Waals surface area contributed by atoms with Crippen molar-refractivity contribution in [2.24, 2.45) is 4.99 Å². The predicted octanol–water partition coefficient (Wildman–Crippen LogP) is 2.65. The SMILES string of the molecule is CCNC(=NCC(C)(C)c1ccc(Cl)cc1)N1CC[C@@H](O)C1. The lowest BCUT2D eigenvalue weighted by Crippen LogP contribution is -2.41. The van der Waals surface area contributed by atoms with Crippen LogP contribution in [0.15, 0.2) is 29.3 Å². The monoisotopic (exact) mass is 323 g/mol. The Bertz CT molecular complexity index is 513. The average molecular weight is 324 g/mol. The molecule has 0 aromatic heterocycles. The van der Waals surface area contributed by atoms with E-state index in [0.29, 0.717) is 13.1 Å². The number of nitrogens with one attached hydrogen (secondary N) is 1. The Morgan fingerprint density at radius 2 is 2.09 bits per heavy atom. The fraction of sp³-hybridized carbons (Fsp3) is 0.588. The summed E-state index contributed by atoms with van der Waals surface area (Å²) in [4.78, 5) is 6.92. The molecule has 0 aliphatic carbocycles. The van der Waals surface area contributed by atoms with Crippen molar-refractivity contribution in [2.75, 3.05) is 26.2 Å². The zero-order chi connectivity index (χ0) is 16.2. The van der Waals surface area contributed by atoms with Crippen LogP contribution in [0.5, 0.6) is 0 Å². The molecule has 1 aliphatic rings. The van der Waals surface area contributed by atoms with Gasteiger partial charge in [-0.1, -0.05) is 37.6 Å². The molecule has 0 bridgehead atoms. The molecule has 22 heavy (non-hydrogen) atoms. The van der Waals surface area contributed by atoms with Crippen LogP contribution in [0.1, 0.15) is 32.8 Å². The number of hydrogen-bond acceptors (Lipinski definition) is 2. The van der Waals surface area contributed by atoms with Crippen molar-refractivity contribution in [2.45, 2.75) is 38.7 Å². The Morgan fingerprint density at radius 1 is 1.41 bits per heavy atom. The third-order valence-electron chi connectivity index (χ3n) is 4.05. The van der Waals surface area contributed by atoms with E-state index in [9.17, 15) is 5.11 Å². The lowest BCUT2D eigenvalue weighted by atomic mass is 9.85. The molecule has 1 aromatic rings. The number of aliphatic hydroxyl groups excluding tert-OH is 1. The number of β-amino-alcohol motifs (C(OH)–C–C–N with tert-alkyl or cyclic N) is 1. The molecule has 1 fully saturated rings. The number of rotatable bonds is 4. The van der Waals surface area contributed by atoms with Gasteiger partial charge in [0.2, 0.25) is 0 Å². The molecule has 0 saturated carbocycles. The molecule has 1 atom stereocenters. The van der Waals surface area contributed by atoms with E-state index in [1.807, 2.05) is 12.1 Å². The van der Waals surface area contributed by atoms with Crippen LogP contribution in [0.2, 0.25) is 5.02 Å². The first-order valence-corrected chi connectivity index (χ1v) is 8.27. The lowest BCUT2D eigenvalue weighted by molar-refractivity contribution is 0.187. The molecule has 0 spiro atoms. The molecule has 0 unspecified atom stereocenters. The predicted molar refractivity (Wildman–Crippen MR) is 92.7 cm³/mol. The minimum Gasteiger partial charge on any atom is -0.391 e. The minimum absolute atomic E-state index is 0.0659. The Balaban J connectivity index is 2.09. The fourth-order valence-corrected chi connectivity index (χ4v) is 2.75. The Kier molecular flexibility index (Phi) is 5.70. The van der Waals surface area contributed by atoms with Crippen LogP contribution in [0, 0.1) is 0 Å². The zero-order valence-electron chi connectivity index (χ0n) is 13.6. The Hall–Kier alpha value is -1.26. The molecule has 1 aromatic carbocycles. The number of benzene rings is 1. The molecule has 5 heteroatoms. The summed E-state index contributed by atoms with van der Waals surface area (Å²) in [7, 11) is 0. The molecule has 1 heterocycles. The fourth-order valence-electron chi connectivity index (χ4n) is 2.62. The summed E-state index contributed by atoms with van der Waals surface area (Å²) in [5.41, 5.74) is 1.15. The van der Waals surface area contributed by atoms with E-state index in [-0.39, 0.29) is 11.5 Å². The van der Waals surface area contributed by atoms with Crippen LogP contribution in [0.3, 0.4) is 0 Å². The maximum absolute atomic E-state index is 9.71. The van der Waals surface area contributed by atoms with Crippen LogP contribution in [-0.2, 0) is 5.41 Å². The van der Waals surface area contributed by atoms with Gasteiger partial charge >= 0.3 is 0 Å². The highest BCUT2D eigenvalue weighted by Gasteiger charge is 2.25. The van der Waals surface area contributed by atoms with E-state index >= 15 is 0 Å². The van der Waals surface area contributed by atoms with Gasteiger partial charge in [0.05, 0.1) is 12.6 Å². The summed E-state index contributed by atoms with van der Waals surface area (Å²) in [6.07, 6.45) is 0.568. The molecular formula is C17H26ClN3O. The highest BCUT2D eigenvalue weighted by Crippen LogP contribution is 2.25. The summed E-state index contributed by atoms with van der Waals surface area (Å²) in [5, 5.41) is 13.8. The van der Waals surface area contributed by atoms with Gasteiger partial charge in [-0.2, -0.15) is 0 Å². The van der Waals surface area contributed by atoms with E-state index in [4.69, 9.17) is 16.6 Å². The van der Waals surface area contributed by atoms with E-state index in [1.54, 1.807) is 0 Å². The van der Waals surface area contributed by atoms with Crippen molar-refractivity contribution in [3.8, 4) is 0 Å². The van der Waals surface area contributed by atoms with Crippen LogP contribution in [0.4, 0.5) is 0 Å². The highest BCUT2D eigenvalue weighted by atomic mass is 35.5. The van der Waals surface area contributed by atoms with Gasteiger partial charge in [0.1, 0.15) is 0 Å². The quantitative estimate of drug-likeness (QED) is 0.661. The van der Waals surface area contributed by atoms with Gasteiger partial charge in [0.15, 0.2) is 5.96 Å². The van der Waals surface area contributed by atoms with Gasteiger partial charge in [0, 0.05) is 30.1 Å². The number of likely N-dealkylation sites (tertiary alicyclic amines) is 1. The molecule has 2 N–H and O–H groups in total. The summed E-state index contributed by atoms with van der Waals surface area (Å²) < 4.78 is 0. The van der Waals surface area contributed by atoms with Crippen LogP contribution in [0.25, 0.3) is 0 Å². The topological polar surface area (TPSA) is 47.9 Å². The molecule has 1 aliphatic heterocycles. The average Bonchev–Trinajstić information content (AvgIpc) is 2.90. The van der Waals surface area contributed by atoms with Crippen molar-refractivity contribution < 1.29 is 5.11 Å². The smallest absolute Gasteiger partial charge is 0.194 e. The number of guanidine groups is 1. The minimum atomic E-state index is -0.242. The van der Waals surface area contributed by atoms with Crippen molar-refractivity contribution >= 4 is 17.6 Å². The first-order chi connectivity index (χ1) is 10.4. The summed E-state index contributed by atoms with van der Waals surface area (Å²) in [6.45, 7) is 9.45. The van der Waals surface area contributed by atoms with Crippen LogP contribution >= 0.6 is 11.6 Å². The second kappa shape index (κ2) is 7.34. The highest BCUT2D eigenvalue weighted by molar-refractivity contribution is 6.30. The van der Waals surface area contributed by atoms with Gasteiger partial charge in [-0.15, -0.1) is 0 Å². The normalized spacial score (nSPS) is 19.6. The zero-order valence-corrected chi connectivity index (χ0v) is 14.4. The standard InChI is InChI=1S/C17H26ClN3O/c1-4-19-16(21-10-9-15(22)11-21)20-12-17(2,3)13-5-7-14(18)8-6-13/h5-8,15,22H,4,9-12H2,1-3H3,(H,19,20)/t15-/m1/s1. The number of aliphatic hydroxyl groups is 1. The van der Waals surface area contributed by atoms with Gasteiger partial charge in [-0.3, -0.25) is 4.99 Å². The number of halogens is 1. The van der Waals surface area contributed by atoms with Crippen LogP contribution < -0.4 is 5.32 Å².